The first-order valence-electron chi connectivity index (χ1n) is 21.1. The lowest BCUT2D eigenvalue weighted by Crippen LogP contribution is -2.08. The third-order valence-corrected chi connectivity index (χ3v) is 14.6. The second kappa shape index (κ2) is 12.6. The smallest absolute Gasteiger partial charge is 0.115 e. The minimum absolute atomic E-state index is 0.399. The van der Waals surface area contributed by atoms with Crippen LogP contribution in [0.25, 0.3) is 112 Å². The Morgan fingerprint density at radius 2 is 1.02 bits per heavy atom. The number of aliphatic imine (C=N–C) groups is 2. The molecule has 0 aliphatic rings. The van der Waals surface area contributed by atoms with E-state index < -0.39 is 0 Å². The van der Waals surface area contributed by atoms with Gasteiger partial charge in [-0.1, -0.05) is 146 Å². The molecule has 0 saturated heterocycles. The van der Waals surface area contributed by atoms with Crippen LogP contribution in [0.5, 0.6) is 0 Å². The summed E-state index contributed by atoms with van der Waals surface area (Å²) in [6, 6.07) is 66.5. The van der Waals surface area contributed by atoms with Crippen molar-refractivity contribution in [1.29, 1.82) is 0 Å². The van der Waals surface area contributed by atoms with Crippen LogP contribution in [0.1, 0.15) is 11.1 Å². The largest absolute Gasteiger partial charge is 0.320 e. The van der Waals surface area contributed by atoms with Gasteiger partial charge in [0.15, 0.2) is 0 Å². The molecule has 0 amide bonds. The highest BCUT2D eigenvalue weighted by molar-refractivity contribution is 7.25. The molecule has 0 unspecified atom stereocenters. The van der Waals surface area contributed by atoms with Crippen LogP contribution >= 0.6 is 11.3 Å². The Labute approximate surface area is 358 Å². The topological polar surface area (TPSA) is 34.1 Å². The van der Waals surface area contributed by atoms with Crippen molar-refractivity contribution >= 4 is 142 Å². The lowest BCUT2D eigenvalue weighted by atomic mass is 9.90. The van der Waals surface area contributed by atoms with Gasteiger partial charge < -0.3 is 8.97 Å². The quantitative estimate of drug-likeness (QED) is 0.123. The number of para-hydroxylation sites is 3. The van der Waals surface area contributed by atoms with Crippen molar-refractivity contribution in [2.45, 2.75) is 6.67 Å². The molecule has 4 nitrogen and oxygen atoms in total. The van der Waals surface area contributed by atoms with Crippen molar-refractivity contribution in [3.8, 4) is 0 Å². The molecule has 0 bridgehead atoms. The highest BCUT2D eigenvalue weighted by Gasteiger charge is 2.23. The highest BCUT2D eigenvalue weighted by atomic mass is 32.1. The SMILES string of the molecule is C=Nc1c(/C(=N\Cn2c3ccccc3c3ccc4c(ccc5c4c4cccc6c7ccccc7n5c64)c32)c2ccc3sc4ccccc4c3c2)c2ccccc2c2ccccc12. The lowest BCUT2D eigenvalue weighted by molar-refractivity contribution is 0.795. The molecule has 0 N–H and O–H groups in total. The van der Waals surface area contributed by atoms with E-state index in [1.807, 2.05) is 11.3 Å². The maximum Gasteiger partial charge on any atom is 0.115 e. The maximum absolute atomic E-state index is 5.80. The summed E-state index contributed by atoms with van der Waals surface area (Å²) in [5, 5.41) is 17.1. The van der Waals surface area contributed by atoms with E-state index in [0.29, 0.717) is 6.67 Å². The molecule has 10 aromatic carbocycles. The van der Waals surface area contributed by atoms with Gasteiger partial charge in [-0.3, -0.25) is 9.98 Å². The normalized spacial score (nSPS) is 12.7. The van der Waals surface area contributed by atoms with Crippen molar-refractivity contribution in [1.82, 2.24) is 8.97 Å². The Hall–Kier alpha value is -7.86. The van der Waals surface area contributed by atoms with Gasteiger partial charge in [-0.2, -0.15) is 0 Å². The van der Waals surface area contributed by atoms with Crippen LogP contribution < -0.4 is 0 Å². The summed E-state index contributed by atoms with van der Waals surface area (Å²) < 4.78 is 7.45. The van der Waals surface area contributed by atoms with Gasteiger partial charge in [-0.05, 0) is 64.7 Å². The monoisotopic (exact) mass is 806 g/mol. The zero-order chi connectivity index (χ0) is 40.6. The fourth-order valence-electron chi connectivity index (χ4n) is 10.9. The second-order valence-electron chi connectivity index (χ2n) is 16.4. The highest BCUT2D eigenvalue weighted by Crippen LogP contribution is 2.45. The standard InChI is InChI=1S/C57H34N4S/c1-58-55-41-19-5-3-14-35(41)34-13-2-4-18-39(34)53(55)54(33-25-30-51-46(31-33)38-17-8-11-24-50(38)62-51)59-32-60-47-22-9-6-15-36(47)43-27-26-40-44(56(43)60)28-29-49-52(40)45-21-12-20-42-37-16-7-10-23-48(37)61(49)57(42)45/h2-31H,1,32H2/b59-54-. The van der Waals surface area contributed by atoms with Crippen LogP contribution in [0.15, 0.2) is 192 Å². The molecule has 0 aliphatic carbocycles. The third kappa shape index (κ3) is 4.45. The maximum atomic E-state index is 5.80. The minimum atomic E-state index is 0.399. The summed E-state index contributed by atoms with van der Waals surface area (Å²) in [6.45, 7) is 4.59. The fraction of sp³-hybridized carbons (Fsp3) is 0.0175. The first-order chi connectivity index (χ1) is 30.7. The summed E-state index contributed by atoms with van der Waals surface area (Å²) >= 11 is 1.84. The van der Waals surface area contributed by atoms with E-state index in [2.05, 4.69) is 198 Å². The Morgan fingerprint density at radius 1 is 0.435 bits per heavy atom. The van der Waals surface area contributed by atoms with Crippen molar-refractivity contribution < 1.29 is 0 Å². The van der Waals surface area contributed by atoms with Crippen molar-refractivity contribution in [2.24, 2.45) is 9.98 Å². The van der Waals surface area contributed by atoms with Crippen LogP contribution in [0.3, 0.4) is 0 Å². The van der Waals surface area contributed by atoms with E-state index in [1.54, 1.807) is 0 Å². The van der Waals surface area contributed by atoms with Crippen molar-refractivity contribution in [3.05, 3.63) is 193 Å². The number of aromatic nitrogens is 2. The van der Waals surface area contributed by atoms with Gasteiger partial charge in [0, 0.05) is 74.4 Å². The molecule has 288 valence electrons. The van der Waals surface area contributed by atoms with Gasteiger partial charge in [-0.15, -0.1) is 11.3 Å². The zero-order valence-corrected chi connectivity index (χ0v) is 34.2. The van der Waals surface area contributed by atoms with E-state index in [4.69, 9.17) is 9.98 Å². The minimum Gasteiger partial charge on any atom is -0.320 e. The number of benzene rings is 10. The van der Waals surface area contributed by atoms with E-state index in [-0.39, 0.29) is 0 Å². The molecule has 4 heterocycles. The molecule has 5 heteroatoms. The summed E-state index contributed by atoms with van der Waals surface area (Å²) in [4.78, 5) is 10.6. The first-order valence-corrected chi connectivity index (χ1v) is 21.9. The van der Waals surface area contributed by atoms with Crippen LogP contribution in [-0.2, 0) is 6.67 Å². The van der Waals surface area contributed by atoms with Crippen LogP contribution in [-0.4, -0.2) is 21.4 Å². The Bertz CT molecular complexity index is 4270. The van der Waals surface area contributed by atoms with Gasteiger partial charge in [0.1, 0.15) is 6.67 Å². The van der Waals surface area contributed by atoms with E-state index in [9.17, 15) is 0 Å². The summed E-state index contributed by atoms with van der Waals surface area (Å²) in [7, 11) is 0. The van der Waals surface area contributed by atoms with Gasteiger partial charge in [-0.25, -0.2) is 0 Å². The summed E-state index contributed by atoms with van der Waals surface area (Å²) in [6.07, 6.45) is 0. The average Bonchev–Trinajstić information content (AvgIpc) is 4.07. The van der Waals surface area contributed by atoms with Crippen molar-refractivity contribution in [2.75, 3.05) is 0 Å². The molecule has 0 fully saturated rings. The Balaban J connectivity index is 1.08. The molecule has 0 spiro atoms. The van der Waals surface area contributed by atoms with E-state index in [1.165, 1.54) is 90.7 Å². The predicted octanol–water partition coefficient (Wildman–Crippen LogP) is 15.6. The average molecular weight is 807 g/mol. The second-order valence-corrected chi connectivity index (χ2v) is 17.5. The molecule has 0 saturated carbocycles. The van der Waals surface area contributed by atoms with E-state index in [0.717, 1.165) is 44.2 Å². The molecule has 14 aromatic rings. The lowest BCUT2D eigenvalue weighted by Gasteiger charge is -2.18. The molecular weight excluding hydrogens is 773 g/mol. The van der Waals surface area contributed by atoms with Crippen LogP contribution in [0.4, 0.5) is 5.69 Å². The summed E-state index contributed by atoms with van der Waals surface area (Å²) in [5.41, 5.74) is 9.91. The molecular formula is C57H34N4S. The number of rotatable bonds is 5. The first kappa shape index (κ1) is 33.9. The third-order valence-electron chi connectivity index (χ3n) is 13.4. The molecule has 0 atom stereocenters. The number of hydrogen-bond acceptors (Lipinski definition) is 3. The van der Waals surface area contributed by atoms with Gasteiger partial charge in [0.2, 0.25) is 0 Å². The predicted molar refractivity (Wildman–Crippen MR) is 267 cm³/mol. The van der Waals surface area contributed by atoms with Gasteiger partial charge in [0.05, 0.1) is 39.0 Å². The Kier molecular flexibility index (Phi) is 6.88. The van der Waals surface area contributed by atoms with Gasteiger partial charge in [0.25, 0.3) is 0 Å². The van der Waals surface area contributed by atoms with E-state index >= 15 is 0 Å². The molecule has 0 radical (unpaired) electrons. The Morgan fingerprint density at radius 3 is 1.84 bits per heavy atom. The van der Waals surface area contributed by atoms with Crippen LogP contribution in [0, 0.1) is 0 Å². The number of hydrogen-bond donors (Lipinski definition) is 0. The molecule has 0 aliphatic heterocycles. The van der Waals surface area contributed by atoms with Crippen LogP contribution in [0.2, 0.25) is 0 Å². The summed E-state index contributed by atoms with van der Waals surface area (Å²) in [5.74, 6) is 0. The number of thiophene rings is 1. The number of nitrogens with zero attached hydrogens (tertiary/aromatic N) is 4. The number of fused-ring (bicyclic) bond motifs is 18. The molecule has 62 heavy (non-hydrogen) atoms. The zero-order valence-electron chi connectivity index (χ0n) is 33.4. The van der Waals surface area contributed by atoms with Gasteiger partial charge >= 0.3 is 0 Å². The van der Waals surface area contributed by atoms with Crippen molar-refractivity contribution in [3.63, 3.8) is 0 Å². The fourth-order valence-corrected chi connectivity index (χ4v) is 12.0. The molecule has 4 aromatic heterocycles. The molecule has 14 rings (SSSR count).